The summed E-state index contributed by atoms with van der Waals surface area (Å²) in [6.45, 7) is 1.84. The van der Waals surface area contributed by atoms with Crippen LogP contribution >= 0.6 is 0 Å². The Morgan fingerprint density at radius 2 is 2.00 bits per heavy atom. The molecule has 1 aliphatic carbocycles. The average molecular weight is 141 g/mol. The summed E-state index contributed by atoms with van der Waals surface area (Å²) in [5.74, 6) is -0.315. The second-order valence-electron chi connectivity index (χ2n) is 2.93. The molecule has 3 nitrogen and oxygen atoms in total. The molecule has 0 unspecified atom stereocenters. The Kier molecular flexibility index (Phi) is 1.93. The molecule has 4 atom stereocenters. The lowest BCUT2D eigenvalue weighted by Gasteiger charge is -2.10. The van der Waals surface area contributed by atoms with Gasteiger partial charge in [-0.1, -0.05) is 6.92 Å². The van der Waals surface area contributed by atoms with Gasteiger partial charge in [0, 0.05) is 0 Å². The summed E-state index contributed by atoms with van der Waals surface area (Å²) in [6.07, 6.45) is -0.927. The number of hydrogen-bond donors (Lipinski definition) is 2. The maximum atomic E-state index is 9.17. The Morgan fingerprint density at radius 3 is 2.20 bits per heavy atom. The van der Waals surface area contributed by atoms with Crippen molar-refractivity contribution in [1.29, 1.82) is 5.26 Å². The van der Waals surface area contributed by atoms with Crippen LogP contribution in [0.4, 0.5) is 0 Å². The van der Waals surface area contributed by atoms with E-state index in [1.807, 2.05) is 13.0 Å². The zero-order chi connectivity index (χ0) is 7.72. The number of hydrogen-bond acceptors (Lipinski definition) is 3. The molecule has 0 spiro atoms. The van der Waals surface area contributed by atoms with Gasteiger partial charge in [-0.15, -0.1) is 0 Å². The molecule has 3 heteroatoms. The normalized spacial score (nSPS) is 47.0. The van der Waals surface area contributed by atoms with E-state index >= 15 is 0 Å². The first-order valence-electron chi connectivity index (χ1n) is 3.42. The van der Waals surface area contributed by atoms with Gasteiger partial charge >= 0.3 is 0 Å². The van der Waals surface area contributed by atoms with Crippen LogP contribution in [0, 0.1) is 23.2 Å². The van der Waals surface area contributed by atoms with E-state index < -0.39 is 12.2 Å². The number of nitriles is 1. The molecule has 0 amide bonds. The highest BCUT2D eigenvalue weighted by atomic mass is 16.3. The van der Waals surface area contributed by atoms with E-state index in [1.165, 1.54) is 0 Å². The molecule has 1 fully saturated rings. The van der Waals surface area contributed by atoms with Crippen molar-refractivity contribution < 1.29 is 10.2 Å². The zero-order valence-corrected chi connectivity index (χ0v) is 5.86. The Labute approximate surface area is 59.9 Å². The van der Waals surface area contributed by atoms with Crippen molar-refractivity contribution in [2.24, 2.45) is 11.8 Å². The first-order valence-corrected chi connectivity index (χ1v) is 3.42. The maximum absolute atomic E-state index is 9.17. The van der Waals surface area contributed by atoms with Gasteiger partial charge in [0.15, 0.2) is 0 Å². The molecule has 56 valence electrons. The average Bonchev–Trinajstić information content (AvgIpc) is 2.17. The summed E-state index contributed by atoms with van der Waals surface area (Å²) >= 11 is 0. The predicted octanol–water partition coefficient (Wildman–Crippen LogP) is -0.112. The third kappa shape index (κ3) is 1.00. The zero-order valence-electron chi connectivity index (χ0n) is 5.86. The van der Waals surface area contributed by atoms with Gasteiger partial charge in [-0.2, -0.15) is 5.26 Å². The van der Waals surface area contributed by atoms with E-state index in [0.717, 1.165) is 0 Å². The largest absolute Gasteiger partial charge is 0.390 e. The third-order valence-corrected chi connectivity index (χ3v) is 2.14. The lowest BCUT2D eigenvalue weighted by Crippen LogP contribution is -2.26. The minimum Gasteiger partial charge on any atom is -0.390 e. The first kappa shape index (κ1) is 7.52. The van der Waals surface area contributed by atoms with Crippen LogP contribution in [0.15, 0.2) is 0 Å². The summed E-state index contributed by atoms with van der Waals surface area (Å²) in [7, 11) is 0. The second-order valence-corrected chi connectivity index (χ2v) is 2.93. The third-order valence-electron chi connectivity index (χ3n) is 2.14. The molecule has 0 aliphatic heterocycles. The molecule has 10 heavy (non-hydrogen) atoms. The monoisotopic (exact) mass is 141 g/mol. The molecule has 0 aromatic carbocycles. The summed E-state index contributed by atoms with van der Waals surface area (Å²) in [5.41, 5.74) is 0. The van der Waals surface area contributed by atoms with E-state index in [0.29, 0.717) is 6.42 Å². The van der Waals surface area contributed by atoms with Crippen LogP contribution in [0.2, 0.25) is 0 Å². The molecule has 0 radical (unpaired) electrons. The van der Waals surface area contributed by atoms with E-state index in [-0.39, 0.29) is 11.8 Å². The van der Waals surface area contributed by atoms with Gasteiger partial charge in [-0.3, -0.25) is 0 Å². The van der Waals surface area contributed by atoms with E-state index in [9.17, 15) is 0 Å². The highest BCUT2D eigenvalue weighted by Crippen LogP contribution is 2.30. The molecule has 0 bridgehead atoms. The second kappa shape index (κ2) is 2.57. The van der Waals surface area contributed by atoms with Gasteiger partial charge in [0.2, 0.25) is 0 Å². The van der Waals surface area contributed by atoms with Crippen LogP contribution in [0.25, 0.3) is 0 Å². The SMILES string of the molecule is C[C@@H]1C[C@H](C#N)[C@@H](O)[C@H]1O. The van der Waals surface area contributed by atoms with Gasteiger partial charge in [0.1, 0.15) is 0 Å². The van der Waals surface area contributed by atoms with Crippen molar-refractivity contribution in [3.63, 3.8) is 0 Å². The molecule has 1 aliphatic rings. The highest BCUT2D eigenvalue weighted by molar-refractivity contribution is 4.99. The Balaban J connectivity index is 2.64. The standard InChI is InChI=1S/C7H11NO2/c1-4-2-5(3-8)7(10)6(4)9/h4-7,9-10H,2H2,1H3/t4-,5-,6+,7-/m1/s1. The number of rotatable bonds is 0. The van der Waals surface area contributed by atoms with Gasteiger partial charge in [-0.05, 0) is 12.3 Å². The van der Waals surface area contributed by atoms with Crippen molar-refractivity contribution in [1.82, 2.24) is 0 Å². The van der Waals surface area contributed by atoms with Gasteiger partial charge in [-0.25, -0.2) is 0 Å². The summed E-state index contributed by atoms with van der Waals surface area (Å²) in [6, 6.07) is 1.96. The van der Waals surface area contributed by atoms with Crippen LogP contribution in [0.3, 0.4) is 0 Å². The fourth-order valence-corrected chi connectivity index (χ4v) is 1.38. The van der Waals surface area contributed by atoms with Crippen LogP contribution in [0.5, 0.6) is 0 Å². The van der Waals surface area contributed by atoms with Crippen molar-refractivity contribution in [2.75, 3.05) is 0 Å². The number of nitrogens with zero attached hydrogens (tertiary/aromatic N) is 1. The van der Waals surface area contributed by atoms with Gasteiger partial charge in [0.25, 0.3) is 0 Å². The van der Waals surface area contributed by atoms with Crippen LogP contribution < -0.4 is 0 Å². The smallest absolute Gasteiger partial charge is 0.0959 e. The molecule has 2 N–H and O–H groups in total. The van der Waals surface area contributed by atoms with E-state index in [4.69, 9.17) is 15.5 Å². The Morgan fingerprint density at radius 1 is 1.40 bits per heavy atom. The molecular formula is C7H11NO2. The minimum absolute atomic E-state index is 0.0552. The summed E-state index contributed by atoms with van der Waals surface area (Å²) in [5, 5.41) is 26.8. The summed E-state index contributed by atoms with van der Waals surface area (Å²) < 4.78 is 0. The van der Waals surface area contributed by atoms with Crippen molar-refractivity contribution in [2.45, 2.75) is 25.6 Å². The minimum atomic E-state index is -0.833. The quantitative estimate of drug-likeness (QED) is 0.494. The molecule has 0 heterocycles. The molecule has 1 saturated carbocycles. The number of aliphatic hydroxyl groups is 2. The lowest BCUT2D eigenvalue weighted by atomic mass is 10.1. The van der Waals surface area contributed by atoms with Gasteiger partial charge < -0.3 is 10.2 Å². The Bertz CT molecular complexity index is 163. The van der Waals surface area contributed by atoms with Crippen LogP contribution in [-0.2, 0) is 0 Å². The van der Waals surface area contributed by atoms with Gasteiger partial charge in [0.05, 0.1) is 24.2 Å². The first-order chi connectivity index (χ1) is 4.66. The molecule has 1 rings (SSSR count). The molecule has 0 aromatic rings. The van der Waals surface area contributed by atoms with Crippen molar-refractivity contribution in [3.05, 3.63) is 0 Å². The van der Waals surface area contributed by atoms with Crippen LogP contribution in [0.1, 0.15) is 13.3 Å². The molecular weight excluding hydrogens is 130 g/mol. The maximum Gasteiger partial charge on any atom is 0.0959 e. The van der Waals surface area contributed by atoms with Crippen molar-refractivity contribution >= 4 is 0 Å². The van der Waals surface area contributed by atoms with E-state index in [2.05, 4.69) is 0 Å². The van der Waals surface area contributed by atoms with Crippen LogP contribution in [-0.4, -0.2) is 22.4 Å². The Hall–Kier alpha value is -0.590. The number of aliphatic hydroxyl groups excluding tert-OH is 2. The highest BCUT2D eigenvalue weighted by Gasteiger charge is 2.38. The lowest BCUT2D eigenvalue weighted by molar-refractivity contribution is 0.0149. The fourth-order valence-electron chi connectivity index (χ4n) is 1.38. The molecule has 0 saturated heterocycles. The van der Waals surface area contributed by atoms with E-state index in [1.54, 1.807) is 0 Å². The van der Waals surface area contributed by atoms with Crippen molar-refractivity contribution in [3.8, 4) is 6.07 Å². The fraction of sp³-hybridized carbons (Fsp3) is 0.857. The topological polar surface area (TPSA) is 64.2 Å². The predicted molar refractivity (Wildman–Crippen MR) is 34.9 cm³/mol. The summed E-state index contributed by atoms with van der Waals surface area (Å²) in [4.78, 5) is 0. The molecule has 0 aromatic heterocycles.